The van der Waals surface area contributed by atoms with E-state index < -0.39 is 0 Å². The molecule has 0 aliphatic carbocycles. The summed E-state index contributed by atoms with van der Waals surface area (Å²) in [7, 11) is 7.31. The summed E-state index contributed by atoms with van der Waals surface area (Å²) in [5, 5.41) is 7.90. The van der Waals surface area contributed by atoms with Gasteiger partial charge in [-0.25, -0.2) is 4.98 Å². The molecule has 0 spiro atoms. The molecular formula is C28H37N7O3. The molecule has 0 saturated heterocycles. The Morgan fingerprint density at radius 1 is 0.974 bits per heavy atom. The summed E-state index contributed by atoms with van der Waals surface area (Å²) in [6.07, 6.45) is 7.08. The minimum atomic E-state index is -0.146. The molecule has 4 aromatic rings. The lowest BCUT2D eigenvalue weighted by Crippen LogP contribution is -2.33. The third-order valence-electron chi connectivity index (χ3n) is 6.25. The molecule has 202 valence electrons. The Bertz CT molecular complexity index is 1410. The van der Waals surface area contributed by atoms with Gasteiger partial charge in [0.25, 0.3) is 5.56 Å². The number of rotatable bonds is 12. The molecule has 0 unspecified atom stereocenters. The molecule has 38 heavy (non-hydrogen) atoms. The number of pyridine rings is 1. The van der Waals surface area contributed by atoms with Crippen molar-refractivity contribution in [3.05, 3.63) is 65.5 Å². The molecule has 1 N–H and O–H groups in total. The van der Waals surface area contributed by atoms with E-state index in [0.717, 1.165) is 36.6 Å². The zero-order valence-corrected chi connectivity index (χ0v) is 23.0. The monoisotopic (exact) mass is 519 g/mol. The van der Waals surface area contributed by atoms with Crippen molar-refractivity contribution in [3.8, 4) is 22.6 Å². The minimum Gasteiger partial charge on any atom is -0.497 e. The first-order chi connectivity index (χ1) is 18.3. The Kier molecular flexibility index (Phi) is 8.65. The molecule has 0 fully saturated rings. The number of anilines is 2. The maximum atomic E-state index is 13.6. The molecule has 0 aliphatic rings. The number of nitrogens with zero attached hydrogens (tertiary/aromatic N) is 6. The maximum absolute atomic E-state index is 13.6. The Morgan fingerprint density at radius 2 is 1.71 bits per heavy atom. The number of ether oxygens (including phenoxy) is 2. The van der Waals surface area contributed by atoms with E-state index in [1.165, 1.54) is 0 Å². The number of aromatic nitrogens is 4. The van der Waals surface area contributed by atoms with Crippen LogP contribution >= 0.6 is 0 Å². The van der Waals surface area contributed by atoms with Crippen molar-refractivity contribution < 1.29 is 9.47 Å². The Morgan fingerprint density at radius 3 is 2.37 bits per heavy atom. The van der Waals surface area contributed by atoms with Gasteiger partial charge in [0.1, 0.15) is 17.1 Å². The molecule has 0 bridgehead atoms. The molecule has 4 rings (SSSR count). The van der Waals surface area contributed by atoms with Crippen molar-refractivity contribution in [2.45, 2.75) is 26.4 Å². The van der Waals surface area contributed by atoms with Gasteiger partial charge in [0, 0.05) is 73.7 Å². The lowest BCUT2D eigenvalue weighted by molar-refractivity contribution is 0.373. The maximum Gasteiger partial charge on any atom is 0.265 e. The number of methoxy groups -OCH3 is 2. The van der Waals surface area contributed by atoms with E-state index in [1.54, 1.807) is 31.0 Å². The van der Waals surface area contributed by atoms with E-state index in [4.69, 9.17) is 9.47 Å². The Hall–Kier alpha value is -3.89. The number of likely N-dealkylation sites (N-methyl/N-ethyl adjacent to an activating group) is 1. The molecule has 0 saturated carbocycles. The summed E-state index contributed by atoms with van der Waals surface area (Å²) in [5.41, 5.74) is 3.42. The van der Waals surface area contributed by atoms with Gasteiger partial charge in [-0.15, -0.1) is 0 Å². The first-order valence-electron chi connectivity index (χ1n) is 12.7. The van der Waals surface area contributed by atoms with Gasteiger partial charge in [0.15, 0.2) is 0 Å². The first-order valence-corrected chi connectivity index (χ1v) is 12.7. The third kappa shape index (κ3) is 6.32. The molecule has 3 heterocycles. The summed E-state index contributed by atoms with van der Waals surface area (Å²) in [6, 6.07) is 9.95. The van der Waals surface area contributed by atoms with Crippen LogP contribution in [0, 0.1) is 0 Å². The van der Waals surface area contributed by atoms with Crippen molar-refractivity contribution in [2.75, 3.05) is 52.8 Å². The van der Waals surface area contributed by atoms with E-state index in [-0.39, 0.29) is 5.56 Å². The number of hydrogen-bond donors (Lipinski definition) is 1. The number of fused-ring (bicyclic) bond motifs is 1. The highest BCUT2D eigenvalue weighted by Crippen LogP contribution is 2.32. The van der Waals surface area contributed by atoms with Gasteiger partial charge in [0.2, 0.25) is 0 Å². The smallest absolute Gasteiger partial charge is 0.265 e. The topological polar surface area (TPSA) is 89.2 Å². The summed E-state index contributed by atoms with van der Waals surface area (Å²) in [6.45, 7) is 7.24. The van der Waals surface area contributed by atoms with Gasteiger partial charge in [-0.2, -0.15) is 5.10 Å². The van der Waals surface area contributed by atoms with Gasteiger partial charge in [0.05, 0.1) is 38.2 Å². The van der Waals surface area contributed by atoms with Crippen LogP contribution in [0.25, 0.3) is 16.8 Å². The standard InChI is InChI=1S/C28H37N7O3/c1-20(2)29-9-10-34(23-13-24(37-5)15-25(14-23)38-6)22-7-8-27-30-17-26(28(36)35(27)19-22)21-16-31-33(18-21)12-11-32(3)4/h7-8,13-20,29H,9-12H2,1-6H3. The Labute approximate surface area is 223 Å². The average molecular weight is 520 g/mol. The average Bonchev–Trinajstić information content (AvgIpc) is 3.38. The third-order valence-corrected chi connectivity index (χ3v) is 6.25. The van der Waals surface area contributed by atoms with E-state index >= 15 is 0 Å². The SMILES string of the molecule is COc1cc(OC)cc(N(CCNC(C)C)c2ccc3ncc(-c4cnn(CCN(C)C)c4)c(=O)n3c2)c1. The van der Waals surface area contributed by atoms with E-state index in [9.17, 15) is 4.79 Å². The van der Waals surface area contributed by atoms with Crippen LogP contribution in [-0.2, 0) is 6.54 Å². The zero-order chi connectivity index (χ0) is 27.2. The summed E-state index contributed by atoms with van der Waals surface area (Å²) < 4.78 is 14.5. The van der Waals surface area contributed by atoms with Crippen molar-refractivity contribution in [3.63, 3.8) is 0 Å². The number of hydrogen-bond acceptors (Lipinski definition) is 8. The molecule has 3 aromatic heterocycles. The Balaban J connectivity index is 1.75. The second kappa shape index (κ2) is 12.1. The molecule has 0 amide bonds. The fraction of sp³-hybridized carbons (Fsp3) is 0.393. The van der Waals surface area contributed by atoms with Crippen LogP contribution in [0.15, 0.2) is 59.9 Å². The highest BCUT2D eigenvalue weighted by Gasteiger charge is 2.16. The zero-order valence-electron chi connectivity index (χ0n) is 23.0. The molecule has 10 nitrogen and oxygen atoms in total. The van der Waals surface area contributed by atoms with Crippen LogP contribution in [0.5, 0.6) is 11.5 Å². The molecular weight excluding hydrogens is 482 g/mol. The predicted octanol–water partition coefficient (Wildman–Crippen LogP) is 3.27. The second-order valence-corrected chi connectivity index (χ2v) is 9.72. The summed E-state index contributed by atoms with van der Waals surface area (Å²) in [4.78, 5) is 22.4. The summed E-state index contributed by atoms with van der Waals surface area (Å²) >= 11 is 0. The molecule has 10 heteroatoms. The van der Waals surface area contributed by atoms with Crippen LogP contribution in [0.1, 0.15) is 13.8 Å². The van der Waals surface area contributed by atoms with Crippen LogP contribution in [-0.4, -0.2) is 78.1 Å². The van der Waals surface area contributed by atoms with Gasteiger partial charge < -0.3 is 24.6 Å². The highest BCUT2D eigenvalue weighted by atomic mass is 16.5. The van der Waals surface area contributed by atoms with Gasteiger partial charge in [-0.1, -0.05) is 13.8 Å². The van der Waals surface area contributed by atoms with Crippen LogP contribution in [0.4, 0.5) is 11.4 Å². The number of benzene rings is 1. The van der Waals surface area contributed by atoms with E-state index in [0.29, 0.717) is 35.3 Å². The fourth-order valence-electron chi connectivity index (χ4n) is 4.17. The van der Waals surface area contributed by atoms with Crippen molar-refractivity contribution in [1.29, 1.82) is 0 Å². The first kappa shape index (κ1) is 27.2. The summed E-state index contributed by atoms with van der Waals surface area (Å²) in [5.74, 6) is 1.38. The molecule has 1 aromatic carbocycles. The second-order valence-electron chi connectivity index (χ2n) is 9.72. The quantitative estimate of drug-likeness (QED) is 0.305. The van der Waals surface area contributed by atoms with Crippen molar-refractivity contribution in [2.24, 2.45) is 0 Å². The van der Waals surface area contributed by atoms with Gasteiger partial charge in [-0.05, 0) is 26.2 Å². The number of nitrogens with one attached hydrogen (secondary N) is 1. The normalized spacial score (nSPS) is 11.5. The van der Waals surface area contributed by atoms with Gasteiger partial charge in [-0.3, -0.25) is 13.9 Å². The highest BCUT2D eigenvalue weighted by molar-refractivity contribution is 5.68. The largest absolute Gasteiger partial charge is 0.497 e. The lowest BCUT2D eigenvalue weighted by Gasteiger charge is -2.27. The van der Waals surface area contributed by atoms with Crippen LogP contribution in [0.3, 0.4) is 0 Å². The van der Waals surface area contributed by atoms with Crippen molar-refractivity contribution >= 4 is 17.0 Å². The molecule has 0 radical (unpaired) electrons. The fourth-order valence-corrected chi connectivity index (χ4v) is 4.17. The predicted molar refractivity (Wildman–Crippen MR) is 151 cm³/mol. The molecule has 0 aliphatic heterocycles. The van der Waals surface area contributed by atoms with E-state index in [2.05, 4.69) is 39.0 Å². The van der Waals surface area contributed by atoms with Crippen molar-refractivity contribution in [1.82, 2.24) is 29.4 Å². The van der Waals surface area contributed by atoms with Crippen LogP contribution < -0.4 is 25.2 Å². The van der Waals surface area contributed by atoms with E-state index in [1.807, 2.05) is 61.5 Å². The minimum absolute atomic E-state index is 0.146. The molecule has 0 atom stereocenters. The van der Waals surface area contributed by atoms with Gasteiger partial charge >= 0.3 is 0 Å². The lowest BCUT2D eigenvalue weighted by atomic mass is 10.2. The van der Waals surface area contributed by atoms with Crippen LogP contribution in [0.2, 0.25) is 0 Å².